The predicted molar refractivity (Wildman–Crippen MR) is 114 cm³/mol. The van der Waals surface area contributed by atoms with Crippen molar-refractivity contribution < 1.29 is 9.72 Å². The number of non-ortho nitro benzene ring substituents is 1. The number of nitrogens with zero attached hydrogens (tertiary/aromatic N) is 4. The summed E-state index contributed by atoms with van der Waals surface area (Å²) in [5.41, 5.74) is 4.17. The molecule has 10 heteroatoms. The Morgan fingerprint density at radius 1 is 0.968 bits per heavy atom. The molecule has 0 radical (unpaired) electrons. The molecule has 1 heterocycles. The molecule has 0 saturated carbocycles. The van der Waals surface area contributed by atoms with Crippen molar-refractivity contribution in [2.75, 3.05) is 5.32 Å². The molecule has 4 rings (SSSR count). The number of benzene rings is 3. The monoisotopic (exact) mass is 415 g/mol. The van der Waals surface area contributed by atoms with Crippen LogP contribution in [0.4, 0.5) is 16.2 Å². The molecule has 3 aromatic carbocycles. The van der Waals surface area contributed by atoms with Crippen molar-refractivity contribution in [3.05, 3.63) is 88.5 Å². The second-order valence-electron chi connectivity index (χ2n) is 6.59. The fraction of sp³-hybridized carbons (Fsp3) is 0.0476. The number of aromatic amines is 1. The number of rotatable bonds is 6. The Morgan fingerprint density at radius 2 is 1.68 bits per heavy atom. The number of tetrazole rings is 1. The first kappa shape index (κ1) is 19.7. The van der Waals surface area contributed by atoms with Gasteiger partial charge in [-0.25, -0.2) is 4.79 Å². The first-order valence-electron chi connectivity index (χ1n) is 9.31. The van der Waals surface area contributed by atoms with Gasteiger partial charge in [-0.1, -0.05) is 48.5 Å². The Balaban J connectivity index is 1.38. The van der Waals surface area contributed by atoms with Crippen LogP contribution in [0.3, 0.4) is 0 Å². The van der Waals surface area contributed by atoms with Crippen molar-refractivity contribution in [2.45, 2.75) is 6.54 Å². The van der Waals surface area contributed by atoms with Gasteiger partial charge in [0, 0.05) is 29.9 Å². The molecular weight excluding hydrogens is 398 g/mol. The molecule has 3 N–H and O–H groups in total. The SMILES string of the molecule is O=C(NCc1ccc(-c2ccccc2-c2nn[nH]n2)cc1)Nc1ccc([N+](=O)[O-])cc1. The summed E-state index contributed by atoms with van der Waals surface area (Å²) in [4.78, 5) is 22.3. The van der Waals surface area contributed by atoms with Crippen molar-refractivity contribution >= 4 is 17.4 Å². The number of nitro benzene ring substituents is 1. The molecular formula is C21H17N7O3. The van der Waals surface area contributed by atoms with E-state index in [2.05, 4.69) is 31.3 Å². The topological polar surface area (TPSA) is 139 Å². The summed E-state index contributed by atoms with van der Waals surface area (Å²) in [5, 5.41) is 30.3. The van der Waals surface area contributed by atoms with Crippen molar-refractivity contribution in [1.29, 1.82) is 0 Å². The maximum absolute atomic E-state index is 12.1. The lowest BCUT2D eigenvalue weighted by Crippen LogP contribution is -2.28. The molecule has 154 valence electrons. The predicted octanol–water partition coefficient (Wildman–Crippen LogP) is 3.76. The number of nitrogens with one attached hydrogen (secondary N) is 3. The van der Waals surface area contributed by atoms with Gasteiger partial charge in [-0.15, -0.1) is 10.2 Å². The first-order valence-corrected chi connectivity index (χ1v) is 9.31. The van der Waals surface area contributed by atoms with E-state index in [0.717, 1.165) is 22.3 Å². The van der Waals surface area contributed by atoms with E-state index >= 15 is 0 Å². The van der Waals surface area contributed by atoms with Crippen LogP contribution in [0.1, 0.15) is 5.56 Å². The van der Waals surface area contributed by atoms with Crippen LogP contribution in [0.5, 0.6) is 0 Å². The summed E-state index contributed by atoms with van der Waals surface area (Å²) in [6.45, 7) is 0.325. The van der Waals surface area contributed by atoms with E-state index in [1.165, 1.54) is 24.3 Å². The minimum Gasteiger partial charge on any atom is -0.334 e. The van der Waals surface area contributed by atoms with Gasteiger partial charge in [-0.2, -0.15) is 5.21 Å². The second-order valence-corrected chi connectivity index (χ2v) is 6.59. The molecule has 0 spiro atoms. The summed E-state index contributed by atoms with van der Waals surface area (Å²) < 4.78 is 0. The van der Waals surface area contributed by atoms with E-state index in [0.29, 0.717) is 18.1 Å². The van der Waals surface area contributed by atoms with E-state index in [9.17, 15) is 14.9 Å². The van der Waals surface area contributed by atoms with Crippen LogP contribution in [-0.2, 0) is 6.54 Å². The van der Waals surface area contributed by atoms with E-state index in [-0.39, 0.29) is 5.69 Å². The molecule has 0 saturated heterocycles. The molecule has 4 aromatic rings. The number of nitro groups is 1. The van der Waals surface area contributed by atoms with E-state index in [4.69, 9.17) is 0 Å². The average Bonchev–Trinajstić information content (AvgIpc) is 3.33. The normalized spacial score (nSPS) is 10.5. The van der Waals surface area contributed by atoms with Gasteiger partial charge in [0.2, 0.25) is 5.82 Å². The van der Waals surface area contributed by atoms with Gasteiger partial charge in [0.05, 0.1) is 4.92 Å². The summed E-state index contributed by atoms with van der Waals surface area (Å²) in [6.07, 6.45) is 0. The van der Waals surface area contributed by atoms with Crippen LogP contribution < -0.4 is 10.6 Å². The standard InChI is InChI=1S/C21H17N7O3/c29-21(23-16-9-11-17(12-10-16)28(30)31)22-13-14-5-7-15(8-6-14)18-3-1-2-4-19(18)20-24-26-27-25-20/h1-12H,13H2,(H2,22,23,29)(H,24,25,26,27). The van der Waals surface area contributed by atoms with Crippen LogP contribution in [0, 0.1) is 10.1 Å². The van der Waals surface area contributed by atoms with Crippen molar-refractivity contribution in [3.63, 3.8) is 0 Å². The van der Waals surface area contributed by atoms with Gasteiger partial charge in [-0.3, -0.25) is 10.1 Å². The molecule has 10 nitrogen and oxygen atoms in total. The largest absolute Gasteiger partial charge is 0.334 e. The minimum absolute atomic E-state index is 0.0352. The molecule has 0 unspecified atom stereocenters. The highest BCUT2D eigenvalue weighted by Gasteiger charge is 2.11. The Hall–Kier alpha value is -4.60. The van der Waals surface area contributed by atoms with Gasteiger partial charge in [0.15, 0.2) is 0 Å². The molecule has 1 aromatic heterocycles. The van der Waals surface area contributed by atoms with Gasteiger partial charge in [0.25, 0.3) is 5.69 Å². The fourth-order valence-electron chi connectivity index (χ4n) is 3.03. The number of carbonyl (C=O) groups excluding carboxylic acids is 1. The molecule has 0 atom stereocenters. The van der Waals surface area contributed by atoms with Crippen molar-refractivity contribution in [3.8, 4) is 22.5 Å². The minimum atomic E-state index is -0.492. The van der Waals surface area contributed by atoms with Gasteiger partial charge < -0.3 is 10.6 Å². The van der Waals surface area contributed by atoms with Crippen molar-refractivity contribution in [2.24, 2.45) is 0 Å². The fourth-order valence-corrected chi connectivity index (χ4v) is 3.03. The lowest BCUT2D eigenvalue weighted by Gasteiger charge is -2.10. The average molecular weight is 415 g/mol. The number of anilines is 1. The molecule has 0 aliphatic carbocycles. The van der Waals surface area contributed by atoms with E-state index in [1.807, 2.05) is 48.5 Å². The summed E-state index contributed by atoms with van der Waals surface area (Å²) in [7, 11) is 0. The van der Waals surface area contributed by atoms with Gasteiger partial charge in [-0.05, 0) is 34.0 Å². The zero-order valence-corrected chi connectivity index (χ0v) is 16.1. The highest BCUT2D eigenvalue weighted by Crippen LogP contribution is 2.29. The number of hydrogen-bond acceptors (Lipinski definition) is 6. The summed E-state index contributed by atoms with van der Waals surface area (Å²) in [6, 6.07) is 20.8. The Morgan fingerprint density at radius 3 is 2.32 bits per heavy atom. The summed E-state index contributed by atoms with van der Waals surface area (Å²) >= 11 is 0. The second kappa shape index (κ2) is 8.82. The quantitative estimate of drug-likeness (QED) is 0.324. The molecule has 31 heavy (non-hydrogen) atoms. The number of aromatic nitrogens is 4. The maximum Gasteiger partial charge on any atom is 0.319 e. The Kier molecular flexibility index (Phi) is 5.61. The zero-order valence-electron chi connectivity index (χ0n) is 16.1. The number of carbonyl (C=O) groups is 1. The number of H-pyrrole nitrogens is 1. The molecule has 2 amide bonds. The smallest absolute Gasteiger partial charge is 0.319 e. The van der Waals surface area contributed by atoms with Crippen LogP contribution in [0.2, 0.25) is 0 Å². The third-order valence-corrected chi connectivity index (χ3v) is 4.57. The Bertz CT molecular complexity index is 1190. The van der Waals surface area contributed by atoms with Crippen LogP contribution in [0.25, 0.3) is 22.5 Å². The lowest BCUT2D eigenvalue weighted by molar-refractivity contribution is -0.384. The third kappa shape index (κ3) is 4.70. The molecule has 0 bridgehead atoms. The lowest BCUT2D eigenvalue weighted by atomic mass is 9.98. The molecule has 0 aliphatic heterocycles. The van der Waals surface area contributed by atoms with Crippen LogP contribution >= 0.6 is 0 Å². The molecule has 0 aliphatic rings. The maximum atomic E-state index is 12.1. The summed E-state index contributed by atoms with van der Waals surface area (Å²) in [5.74, 6) is 0.518. The number of urea groups is 1. The number of amides is 2. The van der Waals surface area contributed by atoms with Gasteiger partial charge in [0.1, 0.15) is 0 Å². The molecule has 0 fully saturated rings. The third-order valence-electron chi connectivity index (χ3n) is 4.57. The van der Waals surface area contributed by atoms with Crippen LogP contribution in [0.15, 0.2) is 72.8 Å². The van der Waals surface area contributed by atoms with Crippen LogP contribution in [-0.4, -0.2) is 31.6 Å². The highest BCUT2D eigenvalue weighted by molar-refractivity contribution is 5.89. The van der Waals surface area contributed by atoms with E-state index < -0.39 is 11.0 Å². The van der Waals surface area contributed by atoms with Crippen molar-refractivity contribution in [1.82, 2.24) is 25.9 Å². The zero-order chi connectivity index (χ0) is 21.6. The van der Waals surface area contributed by atoms with E-state index in [1.54, 1.807) is 0 Å². The first-order chi connectivity index (χ1) is 15.1. The Labute approximate surface area is 176 Å². The number of hydrogen-bond donors (Lipinski definition) is 3. The van der Waals surface area contributed by atoms with Gasteiger partial charge >= 0.3 is 6.03 Å². The highest BCUT2D eigenvalue weighted by atomic mass is 16.6.